The van der Waals surface area contributed by atoms with Gasteiger partial charge in [0.25, 0.3) is 5.91 Å². The van der Waals surface area contributed by atoms with Gasteiger partial charge in [0.1, 0.15) is 0 Å². The first-order valence-corrected chi connectivity index (χ1v) is 9.89. The van der Waals surface area contributed by atoms with Gasteiger partial charge in [-0.2, -0.15) is 5.10 Å². The number of benzene rings is 1. The van der Waals surface area contributed by atoms with Crippen LogP contribution in [0.25, 0.3) is 20.5 Å². The molecule has 1 aliphatic rings. The smallest absolute Gasteiger partial charge is 0.273 e. The fourth-order valence-corrected chi connectivity index (χ4v) is 4.45. The summed E-state index contributed by atoms with van der Waals surface area (Å²) in [5.74, 6) is 0.129. The van der Waals surface area contributed by atoms with Gasteiger partial charge in [-0.1, -0.05) is 23.7 Å². The van der Waals surface area contributed by atoms with Crippen molar-refractivity contribution in [2.75, 3.05) is 13.7 Å². The van der Waals surface area contributed by atoms with Crippen LogP contribution in [0.3, 0.4) is 0 Å². The summed E-state index contributed by atoms with van der Waals surface area (Å²) >= 11 is 7.56. The third-order valence-electron chi connectivity index (χ3n) is 4.58. The maximum absolute atomic E-state index is 12.3. The van der Waals surface area contributed by atoms with Crippen LogP contribution in [0.1, 0.15) is 22.6 Å². The number of ether oxygens (including phenoxy) is 1. The number of amides is 1. The van der Waals surface area contributed by atoms with E-state index in [1.165, 1.54) is 0 Å². The molecule has 3 heterocycles. The van der Waals surface area contributed by atoms with Gasteiger partial charge in [0.2, 0.25) is 0 Å². The Morgan fingerprint density at radius 1 is 1.33 bits per heavy atom. The van der Waals surface area contributed by atoms with Crippen LogP contribution in [0.15, 0.2) is 42.7 Å². The van der Waals surface area contributed by atoms with Gasteiger partial charge in [-0.25, -0.2) is 0 Å². The molecular formula is C20H18ClN3O2S. The van der Waals surface area contributed by atoms with Crippen LogP contribution >= 0.6 is 22.9 Å². The van der Waals surface area contributed by atoms with Crippen molar-refractivity contribution in [3.8, 4) is 10.4 Å². The molecule has 1 unspecified atom stereocenters. The number of allylic oxidation sites excluding steroid dienone is 1. The number of nitrogens with zero attached hydrogens (tertiary/aromatic N) is 2. The summed E-state index contributed by atoms with van der Waals surface area (Å²) in [4.78, 5) is 13.3. The van der Waals surface area contributed by atoms with E-state index in [1.807, 2.05) is 30.3 Å². The van der Waals surface area contributed by atoms with E-state index in [1.54, 1.807) is 24.6 Å². The zero-order valence-corrected chi connectivity index (χ0v) is 16.3. The quantitative estimate of drug-likeness (QED) is 0.703. The van der Waals surface area contributed by atoms with Crippen molar-refractivity contribution >= 4 is 38.9 Å². The summed E-state index contributed by atoms with van der Waals surface area (Å²) in [5, 5.41) is 12.9. The van der Waals surface area contributed by atoms with E-state index < -0.39 is 0 Å². The van der Waals surface area contributed by atoms with Crippen molar-refractivity contribution < 1.29 is 9.53 Å². The van der Waals surface area contributed by atoms with E-state index in [-0.39, 0.29) is 5.91 Å². The SMILES string of the molecule is CNC(=O)c1nnc(CC2CC=COC2)c2cc(-c3ccc(Cl)cc3)sc12. The second-order valence-electron chi connectivity index (χ2n) is 6.45. The number of aromatic nitrogens is 2. The van der Waals surface area contributed by atoms with Crippen LogP contribution in [-0.4, -0.2) is 29.8 Å². The number of rotatable bonds is 4. The molecule has 0 aliphatic carbocycles. The summed E-state index contributed by atoms with van der Waals surface area (Å²) in [5.41, 5.74) is 2.32. The van der Waals surface area contributed by atoms with Crippen molar-refractivity contribution in [1.29, 1.82) is 0 Å². The Morgan fingerprint density at radius 2 is 2.15 bits per heavy atom. The van der Waals surface area contributed by atoms with Crippen LogP contribution in [-0.2, 0) is 11.2 Å². The van der Waals surface area contributed by atoms with Crippen molar-refractivity contribution in [3.63, 3.8) is 0 Å². The molecule has 0 spiro atoms. The highest BCUT2D eigenvalue weighted by Gasteiger charge is 2.21. The number of carbonyl (C=O) groups is 1. The van der Waals surface area contributed by atoms with Crippen molar-refractivity contribution in [3.05, 3.63) is 59.1 Å². The van der Waals surface area contributed by atoms with Gasteiger partial charge in [0.05, 0.1) is 23.3 Å². The maximum Gasteiger partial charge on any atom is 0.273 e. The van der Waals surface area contributed by atoms with Gasteiger partial charge in [0.15, 0.2) is 5.69 Å². The average molecular weight is 400 g/mol. The molecule has 138 valence electrons. The van der Waals surface area contributed by atoms with Gasteiger partial charge in [0, 0.05) is 28.3 Å². The molecule has 0 saturated heterocycles. The molecular weight excluding hydrogens is 382 g/mol. The first-order chi connectivity index (χ1) is 13.2. The number of fused-ring (bicyclic) bond motifs is 1. The third kappa shape index (κ3) is 3.68. The van der Waals surface area contributed by atoms with E-state index in [2.05, 4.69) is 21.6 Å². The zero-order chi connectivity index (χ0) is 18.8. The van der Waals surface area contributed by atoms with E-state index >= 15 is 0 Å². The van der Waals surface area contributed by atoms with E-state index in [0.29, 0.717) is 23.2 Å². The second kappa shape index (κ2) is 7.66. The largest absolute Gasteiger partial charge is 0.501 e. The summed E-state index contributed by atoms with van der Waals surface area (Å²) in [6, 6.07) is 9.78. The first kappa shape index (κ1) is 17.9. The maximum atomic E-state index is 12.3. The fourth-order valence-electron chi connectivity index (χ4n) is 3.16. The number of thiophene rings is 1. The van der Waals surface area contributed by atoms with Gasteiger partial charge in [-0.05, 0) is 42.7 Å². The molecule has 7 heteroatoms. The fraction of sp³-hybridized carbons (Fsp3) is 0.250. The topological polar surface area (TPSA) is 64.1 Å². The number of carbonyl (C=O) groups excluding carboxylic acids is 1. The highest BCUT2D eigenvalue weighted by Crippen LogP contribution is 2.37. The summed E-state index contributed by atoms with van der Waals surface area (Å²) in [6.07, 6.45) is 5.49. The zero-order valence-electron chi connectivity index (χ0n) is 14.7. The summed E-state index contributed by atoms with van der Waals surface area (Å²) < 4.78 is 6.29. The normalized spacial score (nSPS) is 16.3. The number of hydrogen-bond acceptors (Lipinski definition) is 5. The molecule has 27 heavy (non-hydrogen) atoms. The van der Waals surface area contributed by atoms with Gasteiger partial charge in [-0.3, -0.25) is 4.79 Å². The molecule has 0 bridgehead atoms. The molecule has 1 aliphatic heterocycles. The van der Waals surface area contributed by atoms with Crippen molar-refractivity contribution in [1.82, 2.24) is 15.5 Å². The first-order valence-electron chi connectivity index (χ1n) is 8.69. The van der Waals surface area contributed by atoms with Crippen LogP contribution < -0.4 is 5.32 Å². The Morgan fingerprint density at radius 3 is 2.85 bits per heavy atom. The standard InChI is InChI=1S/C20H18ClN3O2S/c1-22-20(25)18-19-15(10-17(27-19)13-4-6-14(21)7-5-13)16(23-24-18)9-12-3-2-8-26-11-12/h2,4-8,10,12H,3,9,11H2,1H3,(H,22,25). The van der Waals surface area contributed by atoms with Crippen LogP contribution in [0.4, 0.5) is 0 Å². The third-order valence-corrected chi connectivity index (χ3v) is 6.02. The molecule has 4 rings (SSSR count). The van der Waals surface area contributed by atoms with E-state index in [9.17, 15) is 4.79 Å². The van der Waals surface area contributed by atoms with E-state index in [0.717, 1.165) is 39.1 Å². The lowest BCUT2D eigenvalue weighted by Gasteiger charge is -2.18. The highest BCUT2D eigenvalue weighted by atomic mass is 35.5. The molecule has 5 nitrogen and oxygen atoms in total. The minimum Gasteiger partial charge on any atom is -0.501 e. The highest BCUT2D eigenvalue weighted by molar-refractivity contribution is 7.22. The van der Waals surface area contributed by atoms with Gasteiger partial charge in [-0.15, -0.1) is 16.4 Å². The number of hydrogen-bond donors (Lipinski definition) is 1. The second-order valence-corrected chi connectivity index (χ2v) is 7.93. The number of halogens is 1. The molecule has 0 radical (unpaired) electrons. The Hall–Kier alpha value is -2.44. The lowest BCUT2D eigenvalue weighted by molar-refractivity contribution is 0.0959. The van der Waals surface area contributed by atoms with Gasteiger partial charge < -0.3 is 10.1 Å². The average Bonchev–Trinajstić information content (AvgIpc) is 3.15. The van der Waals surface area contributed by atoms with Crippen LogP contribution in [0.2, 0.25) is 5.02 Å². The Bertz CT molecular complexity index is 1010. The molecule has 1 N–H and O–H groups in total. The molecule has 3 aromatic rings. The molecule has 1 amide bonds. The predicted octanol–water partition coefficient (Wildman–Crippen LogP) is 4.46. The Labute approximate surface area is 166 Å². The van der Waals surface area contributed by atoms with E-state index in [4.69, 9.17) is 16.3 Å². The van der Waals surface area contributed by atoms with Crippen molar-refractivity contribution in [2.45, 2.75) is 12.8 Å². The monoisotopic (exact) mass is 399 g/mol. The van der Waals surface area contributed by atoms with Crippen LogP contribution in [0, 0.1) is 5.92 Å². The molecule has 2 aromatic heterocycles. The lowest BCUT2D eigenvalue weighted by atomic mass is 9.97. The summed E-state index contributed by atoms with van der Waals surface area (Å²) in [6.45, 7) is 0.672. The van der Waals surface area contributed by atoms with Crippen molar-refractivity contribution in [2.24, 2.45) is 5.92 Å². The number of nitrogens with one attached hydrogen (secondary N) is 1. The Kier molecular flexibility index (Phi) is 5.09. The Balaban J connectivity index is 1.80. The van der Waals surface area contributed by atoms with Gasteiger partial charge >= 0.3 is 0 Å². The molecule has 1 atom stereocenters. The lowest BCUT2D eigenvalue weighted by Crippen LogP contribution is -2.21. The van der Waals surface area contributed by atoms with Crippen LogP contribution in [0.5, 0.6) is 0 Å². The minimum absolute atomic E-state index is 0.229. The molecule has 1 aromatic carbocycles. The molecule has 0 fully saturated rings. The predicted molar refractivity (Wildman–Crippen MR) is 108 cm³/mol. The minimum atomic E-state index is -0.229. The summed E-state index contributed by atoms with van der Waals surface area (Å²) in [7, 11) is 1.60. The molecule has 0 saturated carbocycles.